The van der Waals surface area contributed by atoms with Crippen molar-refractivity contribution >= 4 is 33.2 Å². The summed E-state index contributed by atoms with van der Waals surface area (Å²) in [5, 5.41) is 0.0598. The zero-order chi connectivity index (χ0) is 18.7. The van der Waals surface area contributed by atoms with E-state index in [1.807, 2.05) is 6.07 Å². The highest BCUT2D eigenvalue weighted by Crippen LogP contribution is 2.26. The predicted octanol–water partition coefficient (Wildman–Crippen LogP) is 2.92. The fourth-order valence-electron chi connectivity index (χ4n) is 2.68. The lowest BCUT2D eigenvalue weighted by Crippen LogP contribution is -2.40. The lowest BCUT2D eigenvalue weighted by atomic mass is 10.2. The van der Waals surface area contributed by atoms with Crippen molar-refractivity contribution in [1.29, 1.82) is 0 Å². The summed E-state index contributed by atoms with van der Waals surface area (Å²) in [4.78, 5) is 14.1. The molecule has 1 heterocycles. The second-order valence-electron chi connectivity index (χ2n) is 5.97. The van der Waals surface area contributed by atoms with Gasteiger partial charge in [0.05, 0.1) is 23.9 Å². The minimum Gasteiger partial charge on any atom is -0.378 e. The number of carbonyl (C=O) groups excluding carboxylic acids is 1. The molecule has 3 rings (SSSR count). The molecule has 1 N–H and O–H groups in total. The van der Waals surface area contributed by atoms with Gasteiger partial charge in [0.2, 0.25) is 0 Å². The Labute approximate surface area is 157 Å². The molecule has 1 aliphatic heterocycles. The van der Waals surface area contributed by atoms with E-state index in [9.17, 15) is 13.2 Å². The van der Waals surface area contributed by atoms with Gasteiger partial charge in [-0.05, 0) is 36.8 Å². The van der Waals surface area contributed by atoms with Gasteiger partial charge in [0, 0.05) is 18.7 Å². The van der Waals surface area contributed by atoms with Gasteiger partial charge in [-0.2, -0.15) is 0 Å². The summed E-state index contributed by atoms with van der Waals surface area (Å²) >= 11 is 6.11. The number of sulfonamides is 1. The summed E-state index contributed by atoms with van der Waals surface area (Å²) in [5.41, 5.74) is 1.53. The minimum absolute atomic E-state index is 0.0598. The molecule has 0 aromatic heterocycles. The number of nitrogens with one attached hydrogen (secondary N) is 1. The first-order valence-corrected chi connectivity index (χ1v) is 9.99. The van der Waals surface area contributed by atoms with Crippen molar-refractivity contribution in [2.24, 2.45) is 0 Å². The summed E-state index contributed by atoms with van der Waals surface area (Å²) < 4.78 is 33.3. The number of rotatable bonds is 4. The van der Waals surface area contributed by atoms with Crippen molar-refractivity contribution in [1.82, 2.24) is 4.90 Å². The quantitative estimate of drug-likeness (QED) is 0.865. The van der Waals surface area contributed by atoms with Crippen LogP contribution >= 0.6 is 11.6 Å². The monoisotopic (exact) mass is 394 g/mol. The molecule has 2 aromatic carbocycles. The molecule has 1 fully saturated rings. The molecule has 1 aliphatic rings. The van der Waals surface area contributed by atoms with Gasteiger partial charge < -0.3 is 9.64 Å². The average molecular weight is 395 g/mol. The molecule has 6 nitrogen and oxygen atoms in total. The fraction of sp³-hybridized carbons (Fsp3) is 0.278. The number of morpholine rings is 1. The molecule has 0 atom stereocenters. The summed E-state index contributed by atoms with van der Waals surface area (Å²) in [5.74, 6) is -0.239. The van der Waals surface area contributed by atoms with Gasteiger partial charge in [-0.15, -0.1) is 0 Å². The maximum Gasteiger partial charge on any atom is 0.263 e. The SMILES string of the molecule is Cc1ccccc1NS(=O)(=O)c1cc(C(=O)N2CCOCC2)ccc1Cl. The predicted molar refractivity (Wildman–Crippen MR) is 100 cm³/mol. The van der Waals surface area contributed by atoms with Crippen molar-refractivity contribution in [3.8, 4) is 0 Å². The van der Waals surface area contributed by atoms with Crippen LogP contribution in [0.1, 0.15) is 15.9 Å². The largest absolute Gasteiger partial charge is 0.378 e. The molecule has 8 heteroatoms. The van der Waals surface area contributed by atoms with Gasteiger partial charge in [0.15, 0.2) is 0 Å². The first-order valence-electron chi connectivity index (χ1n) is 8.13. The average Bonchev–Trinajstić information content (AvgIpc) is 2.64. The third-order valence-electron chi connectivity index (χ3n) is 4.16. The Balaban J connectivity index is 1.91. The number of nitrogens with zero attached hydrogens (tertiary/aromatic N) is 1. The maximum atomic E-state index is 12.8. The summed E-state index contributed by atoms with van der Waals surface area (Å²) in [7, 11) is -3.93. The fourth-order valence-corrected chi connectivity index (χ4v) is 4.34. The number of anilines is 1. The molecule has 0 radical (unpaired) electrons. The summed E-state index contributed by atoms with van der Waals surface area (Å²) in [6.45, 7) is 3.70. The normalized spacial score (nSPS) is 14.9. The van der Waals surface area contributed by atoms with Gasteiger partial charge >= 0.3 is 0 Å². The molecule has 138 valence electrons. The van der Waals surface area contributed by atoms with Crippen LogP contribution in [0.4, 0.5) is 5.69 Å². The maximum absolute atomic E-state index is 12.8. The van der Waals surface area contributed by atoms with Crippen molar-refractivity contribution in [2.45, 2.75) is 11.8 Å². The van der Waals surface area contributed by atoms with Crippen LogP contribution in [0.25, 0.3) is 0 Å². The second-order valence-corrected chi connectivity index (χ2v) is 8.03. The molecular formula is C18H19ClN2O4S. The van der Waals surface area contributed by atoms with E-state index in [0.717, 1.165) is 5.56 Å². The standard InChI is InChI=1S/C18H19ClN2O4S/c1-13-4-2-3-5-16(13)20-26(23,24)17-12-14(6-7-15(17)19)18(22)21-8-10-25-11-9-21/h2-7,12,20H,8-11H2,1H3. The van der Waals surface area contributed by atoms with Crippen LogP contribution in [0.5, 0.6) is 0 Å². The Morgan fingerprint density at radius 1 is 1.15 bits per heavy atom. The molecule has 0 spiro atoms. The van der Waals surface area contributed by atoms with E-state index in [0.29, 0.717) is 32.0 Å². The molecular weight excluding hydrogens is 376 g/mol. The van der Waals surface area contributed by atoms with Gasteiger partial charge in [-0.25, -0.2) is 8.42 Å². The smallest absolute Gasteiger partial charge is 0.263 e. The Morgan fingerprint density at radius 2 is 1.85 bits per heavy atom. The number of para-hydroxylation sites is 1. The van der Waals surface area contributed by atoms with Crippen LogP contribution in [0, 0.1) is 6.92 Å². The lowest BCUT2D eigenvalue weighted by Gasteiger charge is -2.27. The van der Waals surface area contributed by atoms with Crippen LogP contribution in [-0.4, -0.2) is 45.5 Å². The number of aryl methyl sites for hydroxylation is 1. The molecule has 26 heavy (non-hydrogen) atoms. The molecule has 2 aromatic rings. The van der Waals surface area contributed by atoms with Crippen molar-refractivity contribution < 1.29 is 17.9 Å². The first kappa shape index (κ1) is 18.7. The van der Waals surface area contributed by atoms with Crippen LogP contribution in [0.3, 0.4) is 0 Å². The number of benzene rings is 2. The van der Waals surface area contributed by atoms with E-state index in [1.165, 1.54) is 18.2 Å². The van der Waals surface area contributed by atoms with Crippen molar-refractivity contribution in [3.05, 3.63) is 58.6 Å². The highest BCUT2D eigenvalue weighted by molar-refractivity contribution is 7.92. The topological polar surface area (TPSA) is 75.7 Å². The number of ether oxygens (including phenoxy) is 1. The second kappa shape index (κ2) is 7.65. The van der Waals surface area contributed by atoms with E-state index in [2.05, 4.69) is 4.72 Å². The van der Waals surface area contributed by atoms with Crippen LogP contribution < -0.4 is 4.72 Å². The Morgan fingerprint density at radius 3 is 2.54 bits per heavy atom. The van der Waals surface area contributed by atoms with Crippen molar-refractivity contribution in [2.75, 3.05) is 31.0 Å². The highest BCUT2D eigenvalue weighted by Gasteiger charge is 2.24. The molecule has 0 bridgehead atoms. The van der Waals surface area contributed by atoms with Gasteiger partial charge in [-0.3, -0.25) is 9.52 Å². The third-order valence-corrected chi connectivity index (χ3v) is 6.00. The van der Waals surface area contributed by atoms with Crippen LogP contribution in [-0.2, 0) is 14.8 Å². The zero-order valence-electron chi connectivity index (χ0n) is 14.2. The Kier molecular flexibility index (Phi) is 5.50. The van der Waals surface area contributed by atoms with Crippen LogP contribution in [0.15, 0.2) is 47.4 Å². The molecule has 0 unspecified atom stereocenters. The number of hydrogen-bond acceptors (Lipinski definition) is 4. The number of halogens is 1. The van der Waals surface area contributed by atoms with Crippen LogP contribution in [0.2, 0.25) is 5.02 Å². The summed E-state index contributed by atoms with van der Waals surface area (Å²) in [6.07, 6.45) is 0. The minimum atomic E-state index is -3.93. The Bertz CT molecular complexity index is 925. The molecule has 0 aliphatic carbocycles. The van der Waals surface area contributed by atoms with Gasteiger partial charge in [-0.1, -0.05) is 29.8 Å². The third kappa shape index (κ3) is 4.00. The lowest BCUT2D eigenvalue weighted by molar-refractivity contribution is 0.0302. The van der Waals surface area contributed by atoms with Gasteiger partial charge in [0.1, 0.15) is 4.90 Å². The van der Waals surface area contributed by atoms with E-state index in [-0.39, 0.29) is 21.4 Å². The first-order chi connectivity index (χ1) is 12.4. The number of carbonyl (C=O) groups is 1. The van der Waals surface area contributed by atoms with Gasteiger partial charge in [0.25, 0.3) is 15.9 Å². The van der Waals surface area contributed by atoms with Crippen molar-refractivity contribution in [3.63, 3.8) is 0 Å². The molecule has 1 amide bonds. The van der Waals surface area contributed by atoms with E-state index < -0.39 is 10.0 Å². The number of hydrogen-bond donors (Lipinski definition) is 1. The highest BCUT2D eigenvalue weighted by atomic mass is 35.5. The molecule has 1 saturated heterocycles. The summed E-state index contributed by atoms with van der Waals surface area (Å²) in [6, 6.07) is 11.3. The zero-order valence-corrected chi connectivity index (χ0v) is 15.8. The Hall–Kier alpha value is -2.09. The number of amides is 1. The van der Waals surface area contributed by atoms with E-state index >= 15 is 0 Å². The van der Waals surface area contributed by atoms with E-state index in [1.54, 1.807) is 30.0 Å². The van der Waals surface area contributed by atoms with E-state index in [4.69, 9.17) is 16.3 Å². The molecule has 0 saturated carbocycles.